The summed E-state index contributed by atoms with van der Waals surface area (Å²) in [5.74, 6) is -0.855. The number of hydrogen-bond acceptors (Lipinski definition) is 9. The monoisotopic (exact) mass is 956 g/mol. The minimum absolute atomic E-state index is 0.0445. The van der Waals surface area contributed by atoms with Crippen LogP contribution in [0, 0.1) is 11.6 Å². The van der Waals surface area contributed by atoms with Crippen molar-refractivity contribution in [2.24, 2.45) is 9.98 Å². The van der Waals surface area contributed by atoms with E-state index in [9.17, 15) is 28.0 Å². The smallest absolute Gasteiger partial charge is 0.253 e. The maximum absolute atomic E-state index is 13.1. The Morgan fingerprint density at radius 1 is 0.746 bits per heavy atom. The quantitative estimate of drug-likeness (QED) is 0.118. The number of halogens is 5. The van der Waals surface area contributed by atoms with Gasteiger partial charge in [-0.1, -0.05) is 72.1 Å². The molecule has 4 atom stereocenters. The van der Waals surface area contributed by atoms with Crippen molar-refractivity contribution in [3.63, 3.8) is 0 Å². The number of alkyl halides is 2. The number of thioether (sulfide) groups is 2. The van der Waals surface area contributed by atoms with Crippen LogP contribution < -0.4 is 16.0 Å². The van der Waals surface area contributed by atoms with Gasteiger partial charge in [0.1, 0.15) is 21.6 Å². The van der Waals surface area contributed by atoms with E-state index in [2.05, 4.69) is 25.9 Å². The maximum Gasteiger partial charge on any atom is 0.253 e. The number of rotatable bonds is 8. The normalized spacial score (nSPS) is 21.3. The molecule has 0 bridgehead atoms. The van der Waals surface area contributed by atoms with E-state index in [4.69, 9.17) is 34.8 Å². The predicted octanol–water partition coefficient (Wildman–Crippen LogP) is 10.3. The SMILES string of the molecule is C1CCNC1.C[C@H](N=C1NC(=O)C(C)(c2ccc(C(=O)N3CCCC3)cc2)S1)c1ccc(F)cc1.C[C@H](N=C1NC(=O)C(c2ccc(C(=O)Cl)cc2)S1)c1ccc(F)cc1.ClCCl. The molecule has 63 heavy (non-hydrogen) atoms. The third kappa shape index (κ3) is 14.1. The summed E-state index contributed by atoms with van der Waals surface area (Å²) in [7, 11) is 0. The fraction of sp³-hybridized carbons (Fsp3) is 0.348. The first-order chi connectivity index (χ1) is 30.2. The molecule has 0 radical (unpaired) electrons. The number of nitrogens with zero attached hydrogens (tertiary/aromatic N) is 3. The summed E-state index contributed by atoms with van der Waals surface area (Å²) in [5, 5.41) is 9.13. The molecule has 3 N–H and O–H groups in total. The van der Waals surface area contributed by atoms with Crippen molar-refractivity contribution in [3.8, 4) is 0 Å². The molecule has 0 saturated carbocycles. The van der Waals surface area contributed by atoms with Gasteiger partial charge < -0.3 is 20.9 Å². The summed E-state index contributed by atoms with van der Waals surface area (Å²) in [6.07, 6.45) is 4.88. The number of nitrogens with one attached hydrogen (secondary N) is 3. The molecule has 3 amide bonds. The van der Waals surface area contributed by atoms with Crippen molar-refractivity contribution in [3.05, 3.63) is 142 Å². The van der Waals surface area contributed by atoms with Crippen molar-refractivity contribution >= 4 is 91.6 Å². The lowest BCUT2D eigenvalue weighted by atomic mass is 9.98. The Labute approximate surface area is 390 Å². The van der Waals surface area contributed by atoms with Crippen LogP contribution in [0.4, 0.5) is 8.78 Å². The molecule has 2 unspecified atom stereocenters. The molecule has 4 fully saturated rings. The van der Waals surface area contributed by atoms with Crippen molar-refractivity contribution in [2.75, 3.05) is 31.5 Å². The summed E-state index contributed by atoms with van der Waals surface area (Å²) < 4.78 is 25.3. The summed E-state index contributed by atoms with van der Waals surface area (Å²) in [4.78, 5) is 59.6. The molecule has 4 aliphatic rings. The Bertz CT molecular complexity index is 2240. The highest BCUT2D eigenvalue weighted by atomic mass is 35.5. The van der Waals surface area contributed by atoms with Gasteiger partial charge in [-0.3, -0.25) is 29.2 Å². The number of benzene rings is 4. The molecule has 0 aliphatic carbocycles. The fourth-order valence-corrected chi connectivity index (χ4v) is 9.13. The molecule has 4 saturated heterocycles. The van der Waals surface area contributed by atoms with Crippen LogP contribution in [0.1, 0.15) is 107 Å². The van der Waals surface area contributed by atoms with Gasteiger partial charge >= 0.3 is 0 Å². The van der Waals surface area contributed by atoms with Crippen LogP contribution in [0.15, 0.2) is 107 Å². The van der Waals surface area contributed by atoms with Gasteiger partial charge in [0.25, 0.3) is 11.1 Å². The Morgan fingerprint density at radius 2 is 1.24 bits per heavy atom. The zero-order chi connectivity index (χ0) is 45.5. The Morgan fingerprint density at radius 3 is 1.71 bits per heavy atom. The van der Waals surface area contributed by atoms with E-state index >= 15 is 0 Å². The van der Waals surface area contributed by atoms with Crippen molar-refractivity contribution < 1.29 is 28.0 Å². The van der Waals surface area contributed by atoms with Crippen molar-refractivity contribution in [1.82, 2.24) is 20.9 Å². The number of amidine groups is 2. The third-order valence-corrected chi connectivity index (χ3v) is 13.1. The van der Waals surface area contributed by atoms with Gasteiger partial charge in [-0.25, -0.2) is 8.78 Å². The number of likely N-dealkylation sites (tertiary alicyclic amines) is 1. The maximum atomic E-state index is 13.1. The molecule has 10 nitrogen and oxygen atoms in total. The number of carbonyl (C=O) groups excluding carboxylic acids is 4. The van der Waals surface area contributed by atoms with Gasteiger partial charge in [-0.05, 0) is 142 Å². The largest absolute Gasteiger partial charge is 0.339 e. The van der Waals surface area contributed by atoms with E-state index in [0.29, 0.717) is 21.5 Å². The number of amides is 3. The van der Waals surface area contributed by atoms with Crippen LogP contribution in [-0.2, 0) is 14.3 Å². The summed E-state index contributed by atoms with van der Waals surface area (Å²) >= 11 is 17.6. The highest BCUT2D eigenvalue weighted by molar-refractivity contribution is 8.16. The zero-order valence-corrected chi connectivity index (χ0v) is 38.9. The predicted molar refractivity (Wildman–Crippen MR) is 253 cm³/mol. The van der Waals surface area contributed by atoms with E-state index in [0.717, 1.165) is 48.2 Å². The molecule has 334 valence electrons. The van der Waals surface area contributed by atoms with Crippen LogP contribution in [0.5, 0.6) is 0 Å². The lowest BCUT2D eigenvalue weighted by Gasteiger charge is -2.20. The van der Waals surface area contributed by atoms with Crippen molar-refractivity contribution in [2.45, 2.75) is 68.5 Å². The van der Waals surface area contributed by atoms with Gasteiger partial charge in [-0.2, -0.15) is 0 Å². The first-order valence-corrected chi connectivity index (χ1v) is 23.5. The van der Waals surface area contributed by atoms with Gasteiger partial charge in [0.05, 0.1) is 17.4 Å². The first-order valence-electron chi connectivity index (χ1n) is 20.4. The Kier molecular flexibility index (Phi) is 19.0. The standard InChI is InChI=1S/C23H24FN3O2S.C18H14ClFN2O2S.C4H9N.CH2Cl2/c1-15(16-7-11-19(24)12-8-16)25-22-26-21(29)23(2,30-22)18-9-5-17(6-10-18)20(28)27-13-3-4-14-27;1-10(11-6-8-14(20)9-7-11)21-18-22-17(24)15(25-18)12-2-4-13(5-3-12)16(19)23;1-2-4-5-3-1;2-1-3/h5-12,15H,3-4,13-14H2,1-2H3,(H,25,26,29);2-10,15H,1H3,(H,21,22,24);5H,1-4H2;1H2/t15-,23?;10-,15?;;/m00../s1. The van der Waals surface area contributed by atoms with Crippen LogP contribution in [-0.4, -0.2) is 69.7 Å². The van der Waals surface area contributed by atoms with Crippen LogP contribution >= 0.6 is 58.3 Å². The molecule has 17 heteroatoms. The molecule has 4 aromatic carbocycles. The highest BCUT2D eigenvalue weighted by Gasteiger charge is 2.44. The Hall–Kier alpha value is -4.31. The number of hydrogen-bond donors (Lipinski definition) is 3. The zero-order valence-electron chi connectivity index (χ0n) is 35.0. The molecule has 0 aromatic heterocycles. The van der Waals surface area contributed by atoms with Crippen LogP contribution in [0.3, 0.4) is 0 Å². The Balaban J connectivity index is 0.000000204. The summed E-state index contributed by atoms with van der Waals surface area (Å²) in [6, 6.07) is 25.8. The molecular formula is C46H49Cl3F2N6O4S2. The van der Waals surface area contributed by atoms with E-state index < -0.39 is 15.2 Å². The second-order valence-electron chi connectivity index (χ2n) is 14.9. The lowest BCUT2D eigenvalue weighted by Crippen LogP contribution is -2.32. The van der Waals surface area contributed by atoms with Gasteiger partial charge in [0.2, 0.25) is 11.8 Å². The summed E-state index contributed by atoms with van der Waals surface area (Å²) in [5.41, 5.74) is 4.35. The van der Waals surface area contributed by atoms with E-state index in [-0.39, 0.29) is 46.8 Å². The molecule has 0 spiro atoms. The van der Waals surface area contributed by atoms with Gasteiger partial charge in [-0.15, -0.1) is 23.2 Å². The van der Waals surface area contributed by atoms with Gasteiger partial charge in [0.15, 0.2) is 10.3 Å². The van der Waals surface area contributed by atoms with E-state index in [1.165, 1.54) is 73.7 Å². The molecule has 8 rings (SSSR count). The third-order valence-electron chi connectivity index (χ3n) is 10.5. The fourth-order valence-electron chi connectivity index (χ4n) is 6.81. The van der Waals surface area contributed by atoms with Crippen LogP contribution in [0.25, 0.3) is 0 Å². The average molecular weight is 958 g/mol. The molecule has 4 heterocycles. The first kappa shape index (κ1) is 49.7. The molecule has 4 aliphatic heterocycles. The second kappa shape index (κ2) is 24.1. The molecule has 4 aromatic rings. The van der Waals surface area contributed by atoms with E-state index in [1.807, 2.05) is 37.8 Å². The number of carbonyl (C=O) groups is 4. The van der Waals surface area contributed by atoms with Crippen molar-refractivity contribution in [1.29, 1.82) is 0 Å². The van der Waals surface area contributed by atoms with E-state index in [1.54, 1.807) is 60.7 Å². The average Bonchev–Trinajstić information content (AvgIpc) is 4.13. The lowest BCUT2D eigenvalue weighted by molar-refractivity contribution is -0.121. The minimum atomic E-state index is -0.823. The summed E-state index contributed by atoms with van der Waals surface area (Å²) in [6.45, 7) is 9.75. The topological polar surface area (TPSA) is 132 Å². The highest BCUT2D eigenvalue weighted by Crippen LogP contribution is 2.42. The second-order valence-corrected chi connectivity index (χ2v) is 18.6. The van der Waals surface area contributed by atoms with Gasteiger partial charge in [0, 0.05) is 24.2 Å². The van der Waals surface area contributed by atoms with Crippen LogP contribution in [0.2, 0.25) is 0 Å². The molecular weight excluding hydrogens is 909 g/mol. The number of aliphatic imine (C=N–C) groups is 2. The minimum Gasteiger partial charge on any atom is -0.339 e.